The van der Waals surface area contributed by atoms with Crippen molar-refractivity contribution in [3.63, 3.8) is 0 Å². The predicted molar refractivity (Wildman–Crippen MR) is 177 cm³/mol. The Morgan fingerprint density at radius 3 is 2.46 bits per heavy atom. The summed E-state index contributed by atoms with van der Waals surface area (Å²) in [6, 6.07) is -0.432. The zero-order valence-electron chi connectivity index (χ0n) is 30.4. The minimum Gasteiger partial charge on any atom is -0.457 e. The summed E-state index contributed by atoms with van der Waals surface area (Å²) in [7, 11) is 3.87. The number of aliphatic hydroxyl groups is 1. The van der Waals surface area contributed by atoms with Crippen molar-refractivity contribution in [3.05, 3.63) is 0 Å². The molecule has 13 heteroatoms. The molecule has 6 aliphatic rings. The van der Waals surface area contributed by atoms with E-state index in [0.29, 0.717) is 38.4 Å². The highest BCUT2D eigenvalue weighted by Crippen LogP contribution is 2.43. The van der Waals surface area contributed by atoms with Crippen LogP contribution in [0.2, 0.25) is 0 Å². The maximum absolute atomic E-state index is 14.6. The molecule has 0 spiro atoms. The van der Waals surface area contributed by atoms with Crippen LogP contribution in [0.3, 0.4) is 0 Å². The number of hydrogen-bond donors (Lipinski definition) is 4. The maximum atomic E-state index is 14.6. The lowest BCUT2D eigenvalue weighted by Gasteiger charge is -2.49. The molecule has 1 saturated carbocycles. The summed E-state index contributed by atoms with van der Waals surface area (Å²) in [6.45, 7) is 14.4. The van der Waals surface area contributed by atoms with Crippen molar-refractivity contribution < 1.29 is 43.2 Å². The Labute approximate surface area is 285 Å². The fraction of sp³-hybridized carbons (Fsp3) is 0.914. The van der Waals surface area contributed by atoms with Crippen LogP contribution in [0.5, 0.6) is 0 Å². The van der Waals surface area contributed by atoms with E-state index < -0.39 is 65.2 Å². The molecular formula is C35H60N4O9. The van der Waals surface area contributed by atoms with E-state index in [2.05, 4.69) is 22.9 Å². The number of nitrogens with zero attached hydrogens (tertiary/aromatic N) is 1. The third-order valence-corrected chi connectivity index (χ3v) is 11.7. The summed E-state index contributed by atoms with van der Waals surface area (Å²) >= 11 is 0. The van der Waals surface area contributed by atoms with Gasteiger partial charge in [0.15, 0.2) is 17.7 Å². The molecule has 4 N–H and O–H groups in total. The molecule has 5 heterocycles. The first kappa shape index (κ1) is 37.4. The molecule has 6 fully saturated rings. The Hall–Kier alpha value is -1.87. The molecule has 0 aromatic heterocycles. The Morgan fingerprint density at radius 2 is 1.81 bits per heavy atom. The number of amides is 1. The second-order valence-electron chi connectivity index (χ2n) is 16.0. The molecule has 0 aromatic rings. The summed E-state index contributed by atoms with van der Waals surface area (Å²) in [4.78, 5) is 43.4. The van der Waals surface area contributed by atoms with Crippen LogP contribution in [0, 0.1) is 17.3 Å². The van der Waals surface area contributed by atoms with E-state index in [0.717, 1.165) is 12.8 Å². The van der Waals surface area contributed by atoms with Crippen molar-refractivity contribution in [2.24, 2.45) is 17.3 Å². The first-order valence-corrected chi connectivity index (χ1v) is 18.0. The number of nitrogens with one attached hydrogen (secondary N) is 3. The first-order valence-electron chi connectivity index (χ1n) is 18.0. The molecule has 0 aromatic carbocycles. The van der Waals surface area contributed by atoms with Crippen molar-refractivity contribution in [2.45, 2.75) is 153 Å². The minimum absolute atomic E-state index is 0.0492. The number of carbonyl (C=O) groups excluding carboxylic acids is 3. The van der Waals surface area contributed by atoms with Gasteiger partial charge in [-0.1, -0.05) is 20.8 Å². The molecular weight excluding hydrogens is 620 g/mol. The molecule has 0 radical (unpaired) electrons. The van der Waals surface area contributed by atoms with Gasteiger partial charge in [-0.2, -0.15) is 0 Å². The summed E-state index contributed by atoms with van der Waals surface area (Å²) in [5, 5.41) is 21.6. The SMILES string of the molecule is CC[C@H]1OC(=O)C2(C)CCOC(C)(C[C@@H](C)CN[C@H](C)[C@H]3NC(=O)O[C@@]31C)[C@H](O[C@@H]1O[C@H](CNC3CC3)C[C@H](N(C)C)[C@H]1O)[C@@H](C)C2=O. The molecule has 1 aliphatic carbocycles. The molecule has 5 aliphatic heterocycles. The summed E-state index contributed by atoms with van der Waals surface area (Å²) in [6.07, 6.45) is -0.456. The van der Waals surface area contributed by atoms with Gasteiger partial charge in [-0.3, -0.25) is 9.59 Å². The Kier molecular flexibility index (Phi) is 11.2. The van der Waals surface area contributed by atoms with E-state index in [1.807, 2.05) is 39.8 Å². The molecule has 2 bridgehead atoms. The Balaban J connectivity index is 1.50. The second kappa shape index (κ2) is 14.4. The van der Waals surface area contributed by atoms with Gasteiger partial charge < -0.3 is 49.6 Å². The number of aliphatic hydroxyl groups excluding tert-OH is 1. The van der Waals surface area contributed by atoms with Crippen molar-refractivity contribution >= 4 is 17.8 Å². The number of hydrogen-bond acceptors (Lipinski definition) is 12. The zero-order valence-corrected chi connectivity index (χ0v) is 30.4. The van der Waals surface area contributed by atoms with Crippen LogP contribution >= 0.6 is 0 Å². The number of carbonyl (C=O) groups is 3. The van der Waals surface area contributed by atoms with Crippen LogP contribution in [0.15, 0.2) is 0 Å². The van der Waals surface area contributed by atoms with Crippen molar-refractivity contribution in [1.82, 2.24) is 20.9 Å². The Morgan fingerprint density at radius 1 is 1.10 bits per heavy atom. The second-order valence-corrected chi connectivity index (χ2v) is 16.0. The summed E-state index contributed by atoms with van der Waals surface area (Å²) in [5.41, 5.74) is -3.68. The highest BCUT2D eigenvalue weighted by molar-refractivity contribution is 6.04. The number of ether oxygens (including phenoxy) is 5. The zero-order chi connectivity index (χ0) is 35.2. The summed E-state index contributed by atoms with van der Waals surface area (Å²) in [5.74, 6) is -1.77. The van der Waals surface area contributed by atoms with Crippen LogP contribution in [-0.2, 0) is 33.3 Å². The van der Waals surface area contributed by atoms with E-state index in [1.165, 1.54) is 0 Å². The van der Waals surface area contributed by atoms with Gasteiger partial charge in [-0.05, 0) is 92.8 Å². The smallest absolute Gasteiger partial charge is 0.408 e. The lowest BCUT2D eigenvalue weighted by Crippen LogP contribution is -2.62. The minimum atomic E-state index is -1.55. The van der Waals surface area contributed by atoms with Gasteiger partial charge in [0.1, 0.15) is 17.6 Å². The molecule has 6 rings (SSSR count). The largest absolute Gasteiger partial charge is 0.457 e. The molecule has 1 amide bonds. The molecule has 5 saturated heterocycles. The lowest BCUT2D eigenvalue weighted by atomic mass is 9.70. The predicted octanol–water partition coefficient (Wildman–Crippen LogP) is 2.13. The molecule has 2 unspecified atom stereocenters. The van der Waals surface area contributed by atoms with Gasteiger partial charge in [0.05, 0.1) is 23.9 Å². The maximum Gasteiger partial charge on any atom is 0.408 e. The third kappa shape index (κ3) is 7.43. The van der Waals surface area contributed by atoms with Crippen molar-refractivity contribution in [1.29, 1.82) is 0 Å². The van der Waals surface area contributed by atoms with Gasteiger partial charge in [0.2, 0.25) is 0 Å². The summed E-state index contributed by atoms with van der Waals surface area (Å²) < 4.78 is 31.9. The van der Waals surface area contributed by atoms with Crippen LogP contribution < -0.4 is 16.0 Å². The van der Waals surface area contributed by atoms with Crippen LogP contribution in [-0.4, -0.2) is 128 Å². The van der Waals surface area contributed by atoms with Crippen LogP contribution in [0.25, 0.3) is 0 Å². The topological polar surface area (TPSA) is 157 Å². The van der Waals surface area contributed by atoms with Crippen molar-refractivity contribution in [3.8, 4) is 0 Å². The van der Waals surface area contributed by atoms with E-state index >= 15 is 0 Å². The fourth-order valence-corrected chi connectivity index (χ4v) is 8.49. The van der Waals surface area contributed by atoms with E-state index in [1.54, 1.807) is 20.8 Å². The number of fused-ring (bicyclic) bond motifs is 10. The number of likely N-dealkylation sites (N-methyl/N-ethyl adjacent to an activating group) is 1. The van der Waals surface area contributed by atoms with E-state index in [-0.39, 0.29) is 42.9 Å². The van der Waals surface area contributed by atoms with Crippen LogP contribution in [0.4, 0.5) is 4.79 Å². The fourth-order valence-electron chi connectivity index (χ4n) is 8.49. The highest BCUT2D eigenvalue weighted by Gasteiger charge is 2.58. The van der Waals surface area contributed by atoms with Gasteiger partial charge in [0.25, 0.3) is 0 Å². The van der Waals surface area contributed by atoms with Crippen molar-refractivity contribution in [2.75, 3.05) is 33.8 Å². The standard InChI is InChI=1S/C35H60N4O9/c1-10-25-35(7)27(38-32(43)48-35)21(4)36-17-19(2)16-34(6)29(20(3)28(41)33(5,13-14-44-34)31(42)46-25)47-30-26(40)24(39(8)9)15-23(45-30)18-37-22-11-12-22/h19-27,29-30,36-37,40H,10-18H2,1-9H3,(H,38,43)/t19-,20+,21-,23+,24+,25-,26-,27-,29-,30+,33?,34?,35-/m1/s1. The number of ketones is 1. The first-order chi connectivity index (χ1) is 22.5. The third-order valence-electron chi connectivity index (χ3n) is 11.7. The molecule has 13 nitrogen and oxygen atoms in total. The average Bonchev–Trinajstić information content (AvgIpc) is 3.80. The normalized spacial score (nSPS) is 46.2. The van der Waals surface area contributed by atoms with Gasteiger partial charge >= 0.3 is 12.1 Å². The van der Waals surface area contributed by atoms with E-state index in [9.17, 15) is 19.5 Å². The lowest BCUT2D eigenvalue weighted by molar-refractivity contribution is -0.301. The van der Waals surface area contributed by atoms with Crippen LogP contribution in [0.1, 0.15) is 87.0 Å². The molecule has 274 valence electrons. The average molecular weight is 681 g/mol. The monoisotopic (exact) mass is 680 g/mol. The highest BCUT2D eigenvalue weighted by atomic mass is 16.7. The number of alkyl carbamates (subject to hydrolysis) is 1. The number of rotatable bonds is 7. The van der Waals surface area contributed by atoms with Gasteiger partial charge in [0, 0.05) is 37.2 Å². The van der Waals surface area contributed by atoms with Gasteiger partial charge in [-0.15, -0.1) is 0 Å². The van der Waals surface area contributed by atoms with Gasteiger partial charge in [-0.25, -0.2) is 4.79 Å². The van der Waals surface area contributed by atoms with E-state index in [4.69, 9.17) is 23.7 Å². The number of Topliss-reactive ketones (excluding diaryl/α,β-unsaturated/α-hetero) is 1. The number of esters is 1. The molecule has 13 atom stereocenters. The quantitative estimate of drug-likeness (QED) is 0.230. The Bertz CT molecular complexity index is 1190. The molecule has 48 heavy (non-hydrogen) atoms.